The van der Waals surface area contributed by atoms with E-state index in [0.29, 0.717) is 5.02 Å². The number of halogens is 2. The molecule has 0 unspecified atom stereocenters. The van der Waals surface area contributed by atoms with Gasteiger partial charge in [0.25, 0.3) is 11.6 Å². The highest BCUT2D eigenvalue weighted by Crippen LogP contribution is 2.23. The number of hydrogen-bond acceptors (Lipinski definition) is 4. The molecule has 1 aliphatic heterocycles. The summed E-state index contributed by atoms with van der Waals surface area (Å²) in [5.41, 5.74) is 0.949. The average Bonchev–Trinajstić information content (AvgIpc) is 2.65. The zero-order valence-electron chi connectivity index (χ0n) is 14.5. The number of rotatable bonds is 5. The number of amides is 1. The van der Waals surface area contributed by atoms with Crippen molar-refractivity contribution in [1.29, 1.82) is 0 Å². The molecule has 6 nitrogen and oxygen atoms in total. The second kappa shape index (κ2) is 8.69. The number of nitrogens with zero attached hydrogens (tertiary/aromatic N) is 2. The maximum Gasteiger partial charge on any atom is 0.282 e. The molecule has 27 heavy (non-hydrogen) atoms. The molecule has 1 N–H and O–H groups in total. The van der Waals surface area contributed by atoms with Crippen LogP contribution in [0.1, 0.15) is 28.8 Å². The Bertz CT molecular complexity index is 835. The summed E-state index contributed by atoms with van der Waals surface area (Å²) in [5, 5.41) is 15.1. The molecular weight excluding hydrogens is 389 g/mol. The molecule has 142 valence electrons. The SMILES string of the molecule is O=C(NC1CCN(Cc2ccc(Cl)cc2)CC1)c1cc(Cl)ccc1[N+](=O)[O-]. The standard InChI is InChI=1S/C19H19Cl2N3O3/c20-14-3-1-13(2-4-14)12-23-9-7-16(8-10-23)22-19(25)17-11-15(21)5-6-18(17)24(26)27/h1-6,11,16H,7-10,12H2,(H,22,25). The Hall–Kier alpha value is -2.15. The lowest BCUT2D eigenvalue weighted by atomic mass is 10.0. The van der Waals surface area contributed by atoms with Crippen molar-refractivity contribution >= 4 is 34.8 Å². The van der Waals surface area contributed by atoms with Gasteiger partial charge in [-0.1, -0.05) is 35.3 Å². The van der Waals surface area contributed by atoms with Gasteiger partial charge in [-0.05, 0) is 42.7 Å². The molecule has 3 rings (SSSR count). The van der Waals surface area contributed by atoms with Crippen LogP contribution in [0.2, 0.25) is 10.0 Å². The molecule has 1 amide bonds. The van der Waals surface area contributed by atoms with E-state index in [4.69, 9.17) is 23.2 Å². The minimum Gasteiger partial charge on any atom is -0.349 e. The summed E-state index contributed by atoms with van der Waals surface area (Å²) in [4.78, 5) is 25.4. The van der Waals surface area contributed by atoms with E-state index in [1.807, 2.05) is 24.3 Å². The summed E-state index contributed by atoms with van der Waals surface area (Å²) >= 11 is 11.8. The normalized spacial score (nSPS) is 15.5. The Morgan fingerprint density at radius 1 is 1.11 bits per heavy atom. The van der Waals surface area contributed by atoms with Gasteiger partial charge < -0.3 is 5.32 Å². The second-order valence-electron chi connectivity index (χ2n) is 6.57. The van der Waals surface area contributed by atoms with Gasteiger partial charge in [0.2, 0.25) is 0 Å². The third-order valence-corrected chi connectivity index (χ3v) is 5.13. The number of nitro groups is 1. The number of nitro benzene ring substituents is 1. The van der Waals surface area contributed by atoms with Gasteiger partial charge in [0.1, 0.15) is 5.56 Å². The maximum absolute atomic E-state index is 12.5. The predicted molar refractivity (Wildman–Crippen MR) is 105 cm³/mol. The van der Waals surface area contributed by atoms with Crippen molar-refractivity contribution in [2.75, 3.05) is 13.1 Å². The van der Waals surface area contributed by atoms with Gasteiger partial charge in [-0.15, -0.1) is 0 Å². The van der Waals surface area contributed by atoms with Gasteiger partial charge in [-0.25, -0.2) is 0 Å². The largest absolute Gasteiger partial charge is 0.349 e. The van der Waals surface area contributed by atoms with E-state index in [9.17, 15) is 14.9 Å². The molecule has 0 bridgehead atoms. The van der Waals surface area contributed by atoms with Gasteiger partial charge in [-0.3, -0.25) is 19.8 Å². The first-order chi connectivity index (χ1) is 12.9. The molecule has 2 aromatic carbocycles. The quantitative estimate of drug-likeness (QED) is 0.592. The van der Waals surface area contributed by atoms with Crippen LogP contribution in [0, 0.1) is 10.1 Å². The highest BCUT2D eigenvalue weighted by Gasteiger charge is 2.25. The number of likely N-dealkylation sites (tertiary alicyclic amines) is 1. The molecule has 1 aliphatic rings. The molecule has 0 aromatic heterocycles. The summed E-state index contributed by atoms with van der Waals surface area (Å²) in [6, 6.07) is 11.8. The molecule has 0 aliphatic carbocycles. The fraction of sp³-hybridized carbons (Fsp3) is 0.316. The average molecular weight is 408 g/mol. The third-order valence-electron chi connectivity index (χ3n) is 4.64. The van der Waals surface area contributed by atoms with Crippen LogP contribution in [-0.4, -0.2) is 34.9 Å². The van der Waals surface area contributed by atoms with E-state index in [0.717, 1.165) is 37.5 Å². The monoisotopic (exact) mass is 407 g/mol. The van der Waals surface area contributed by atoms with Crippen molar-refractivity contribution in [1.82, 2.24) is 10.2 Å². The van der Waals surface area contributed by atoms with Gasteiger partial charge in [0, 0.05) is 41.8 Å². The van der Waals surface area contributed by atoms with E-state index in [-0.39, 0.29) is 17.3 Å². The first-order valence-corrected chi connectivity index (χ1v) is 9.39. The first-order valence-electron chi connectivity index (χ1n) is 8.64. The minimum atomic E-state index is -0.569. The van der Waals surface area contributed by atoms with E-state index in [1.165, 1.54) is 23.8 Å². The van der Waals surface area contributed by atoms with Crippen molar-refractivity contribution in [3.8, 4) is 0 Å². The van der Waals surface area contributed by atoms with E-state index in [1.54, 1.807) is 0 Å². The fourth-order valence-corrected chi connectivity index (χ4v) is 3.49. The van der Waals surface area contributed by atoms with E-state index in [2.05, 4.69) is 10.2 Å². The number of carbonyl (C=O) groups is 1. The molecular formula is C19H19Cl2N3O3. The number of piperidine rings is 1. The molecule has 1 saturated heterocycles. The van der Waals surface area contributed by atoms with Crippen LogP contribution in [0.5, 0.6) is 0 Å². The van der Waals surface area contributed by atoms with Gasteiger partial charge in [0.15, 0.2) is 0 Å². The van der Waals surface area contributed by atoms with E-state index < -0.39 is 10.8 Å². The van der Waals surface area contributed by atoms with Crippen LogP contribution in [0.3, 0.4) is 0 Å². The molecule has 2 aromatic rings. The summed E-state index contributed by atoms with van der Waals surface area (Å²) in [6.45, 7) is 2.51. The lowest BCUT2D eigenvalue weighted by Gasteiger charge is -2.32. The van der Waals surface area contributed by atoms with Crippen LogP contribution in [0.25, 0.3) is 0 Å². The number of carbonyl (C=O) groups excluding carboxylic acids is 1. The van der Waals surface area contributed by atoms with Gasteiger partial charge >= 0.3 is 0 Å². The Morgan fingerprint density at radius 3 is 2.37 bits per heavy atom. The molecule has 1 heterocycles. The second-order valence-corrected chi connectivity index (χ2v) is 7.44. The summed E-state index contributed by atoms with van der Waals surface area (Å²) in [7, 11) is 0. The van der Waals surface area contributed by atoms with Crippen molar-refractivity contribution in [3.05, 3.63) is 73.8 Å². The number of nitrogens with one attached hydrogen (secondary N) is 1. The Balaban J connectivity index is 1.56. The van der Waals surface area contributed by atoms with Crippen LogP contribution in [-0.2, 0) is 6.54 Å². The minimum absolute atomic E-state index is 0.00362. The molecule has 1 fully saturated rings. The van der Waals surface area contributed by atoms with Gasteiger partial charge in [-0.2, -0.15) is 0 Å². The van der Waals surface area contributed by atoms with Crippen molar-refractivity contribution in [2.45, 2.75) is 25.4 Å². The third kappa shape index (κ3) is 5.19. The summed E-state index contributed by atoms with van der Waals surface area (Å²) in [5.74, 6) is -0.458. The molecule has 0 saturated carbocycles. The molecule has 0 radical (unpaired) electrons. The molecule has 8 heteroatoms. The molecule has 0 spiro atoms. The van der Waals surface area contributed by atoms with Gasteiger partial charge in [0.05, 0.1) is 4.92 Å². The topological polar surface area (TPSA) is 75.5 Å². The highest BCUT2D eigenvalue weighted by molar-refractivity contribution is 6.31. The highest BCUT2D eigenvalue weighted by atomic mass is 35.5. The van der Waals surface area contributed by atoms with Crippen LogP contribution >= 0.6 is 23.2 Å². The van der Waals surface area contributed by atoms with Crippen molar-refractivity contribution in [3.63, 3.8) is 0 Å². The zero-order valence-corrected chi connectivity index (χ0v) is 16.0. The van der Waals surface area contributed by atoms with Crippen molar-refractivity contribution in [2.24, 2.45) is 0 Å². The van der Waals surface area contributed by atoms with Crippen LogP contribution < -0.4 is 5.32 Å². The van der Waals surface area contributed by atoms with Crippen LogP contribution in [0.4, 0.5) is 5.69 Å². The fourth-order valence-electron chi connectivity index (χ4n) is 3.20. The molecule has 0 atom stereocenters. The van der Waals surface area contributed by atoms with E-state index >= 15 is 0 Å². The summed E-state index contributed by atoms with van der Waals surface area (Å²) < 4.78 is 0. The van der Waals surface area contributed by atoms with Crippen LogP contribution in [0.15, 0.2) is 42.5 Å². The number of hydrogen-bond donors (Lipinski definition) is 1. The lowest BCUT2D eigenvalue weighted by molar-refractivity contribution is -0.385. The predicted octanol–water partition coefficient (Wildman–Crippen LogP) is 4.30. The maximum atomic E-state index is 12.5. The smallest absolute Gasteiger partial charge is 0.282 e. The zero-order chi connectivity index (χ0) is 19.4. The summed E-state index contributed by atoms with van der Waals surface area (Å²) in [6.07, 6.45) is 1.57. The van der Waals surface area contributed by atoms with Crippen molar-refractivity contribution < 1.29 is 9.72 Å². The lowest BCUT2D eigenvalue weighted by Crippen LogP contribution is -2.44. The Labute approximate surface area is 167 Å². The Morgan fingerprint density at radius 2 is 1.74 bits per heavy atom. The number of benzene rings is 2. The first kappa shape index (κ1) is 19.6. The Kier molecular flexibility index (Phi) is 6.31.